The Morgan fingerprint density at radius 1 is 1.39 bits per heavy atom. The van der Waals surface area contributed by atoms with Crippen LogP contribution in [0.4, 0.5) is 14.5 Å². The molecule has 0 aliphatic heterocycles. The minimum Gasteiger partial charge on any atom is -0.477 e. The Morgan fingerprint density at radius 3 is 2.78 bits per heavy atom. The van der Waals surface area contributed by atoms with Crippen LogP contribution in [0.25, 0.3) is 0 Å². The van der Waals surface area contributed by atoms with Crippen molar-refractivity contribution in [3.63, 3.8) is 0 Å². The Hall–Kier alpha value is -2.97. The van der Waals surface area contributed by atoms with Crippen molar-refractivity contribution < 1.29 is 28.2 Å². The van der Waals surface area contributed by atoms with Crippen molar-refractivity contribution in [3.8, 4) is 5.75 Å². The third-order valence-electron chi connectivity index (χ3n) is 2.86. The second kappa shape index (κ2) is 6.86. The average molecular weight is 325 g/mol. The van der Waals surface area contributed by atoms with Crippen molar-refractivity contribution in [2.45, 2.75) is 20.1 Å². The molecule has 0 fully saturated rings. The third kappa shape index (κ3) is 4.25. The van der Waals surface area contributed by atoms with E-state index in [9.17, 15) is 18.4 Å². The fourth-order valence-corrected chi connectivity index (χ4v) is 1.89. The van der Waals surface area contributed by atoms with E-state index in [0.29, 0.717) is 5.56 Å². The molecule has 0 unspecified atom stereocenters. The lowest BCUT2D eigenvalue weighted by molar-refractivity contribution is -0.117. The fraction of sp³-hybridized carbons (Fsp3) is 0.214. The number of halogens is 2. The summed E-state index contributed by atoms with van der Waals surface area (Å²) >= 11 is 0. The van der Waals surface area contributed by atoms with Gasteiger partial charge < -0.3 is 15.2 Å². The van der Waals surface area contributed by atoms with Crippen LogP contribution in [0.5, 0.6) is 5.75 Å². The van der Waals surface area contributed by atoms with Crippen LogP contribution in [0.15, 0.2) is 30.5 Å². The van der Waals surface area contributed by atoms with Gasteiger partial charge in [0, 0.05) is 6.20 Å². The summed E-state index contributed by atoms with van der Waals surface area (Å²) in [5.41, 5.74) is 0.580. The topological polar surface area (TPSA) is 93.5 Å². The number of hydrogen-bond acceptors (Lipinski definition) is 4. The summed E-state index contributed by atoms with van der Waals surface area (Å²) in [4.78, 5) is 22.9. The molecule has 122 valence electrons. The fourth-order valence-electron chi connectivity index (χ4n) is 1.89. The molecular weight excluding hydrogens is 312 g/mol. The number of anilines is 1. The van der Waals surface area contributed by atoms with Gasteiger partial charge in [-0.1, -0.05) is 6.07 Å². The SMILES string of the molecule is Cc1ccc(NC(=O)Cn2nccc2C(=O)O)c(OC(F)F)c1. The van der Waals surface area contributed by atoms with Gasteiger partial charge in [0.15, 0.2) is 0 Å². The van der Waals surface area contributed by atoms with E-state index in [2.05, 4.69) is 15.2 Å². The number of aromatic nitrogens is 2. The molecule has 0 saturated carbocycles. The van der Waals surface area contributed by atoms with Crippen molar-refractivity contribution in [2.24, 2.45) is 0 Å². The summed E-state index contributed by atoms with van der Waals surface area (Å²) in [7, 11) is 0. The highest BCUT2D eigenvalue weighted by Gasteiger charge is 2.16. The molecule has 7 nitrogen and oxygen atoms in total. The van der Waals surface area contributed by atoms with E-state index in [1.807, 2.05) is 0 Å². The quantitative estimate of drug-likeness (QED) is 0.848. The first-order valence-corrected chi connectivity index (χ1v) is 6.47. The summed E-state index contributed by atoms with van der Waals surface area (Å²) < 4.78 is 30.1. The first-order chi connectivity index (χ1) is 10.9. The minimum atomic E-state index is -3.03. The number of rotatable bonds is 6. The molecule has 1 aromatic carbocycles. The highest BCUT2D eigenvalue weighted by molar-refractivity contribution is 5.93. The zero-order valence-corrected chi connectivity index (χ0v) is 12.0. The monoisotopic (exact) mass is 325 g/mol. The molecule has 0 radical (unpaired) electrons. The highest BCUT2D eigenvalue weighted by atomic mass is 19.3. The van der Waals surface area contributed by atoms with Gasteiger partial charge in [0.05, 0.1) is 5.69 Å². The van der Waals surface area contributed by atoms with Gasteiger partial charge in [-0.05, 0) is 30.7 Å². The van der Waals surface area contributed by atoms with Crippen LogP contribution in [0, 0.1) is 6.92 Å². The Labute approximate surface area is 129 Å². The minimum absolute atomic E-state index is 0.0601. The molecular formula is C14H13F2N3O4. The van der Waals surface area contributed by atoms with Gasteiger partial charge >= 0.3 is 12.6 Å². The summed E-state index contributed by atoms with van der Waals surface area (Å²) in [6.45, 7) is -1.72. The molecule has 0 bridgehead atoms. The number of nitrogens with zero attached hydrogens (tertiary/aromatic N) is 2. The Bertz CT molecular complexity index is 731. The summed E-state index contributed by atoms with van der Waals surface area (Å²) in [5.74, 6) is -2.03. The van der Waals surface area contributed by atoms with Crippen molar-refractivity contribution in [1.29, 1.82) is 0 Å². The van der Waals surface area contributed by atoms with Gasteiger partial charge in [0.1, 0.15) is 18.0 Å². The van der Waals surface area contributed by atoms with Crippen LogP contribution in [-0.4, -0.2) is 33.4 Å². The second-order valence-electron chi connectivity index (χ2n) is 4.61. The van der Waals surface area contributed by atoms with E-state index < -0.39 is 18.5 Å². The van der Waals surface area contributed by atoms with Crippen LogP contribution >= 0.6 is 0 Å². The van der Waals surface area contributed by atoms with Gasteiger partial charge in [-0.2, -0.15) is 13.9 Å². The molecule has 2 N–H and O–H groups in total. The number of carbonyl (C=O) groups is 2. The number of ether oxygens (including phenoxy) is 1. The maximum atomic E-state index is 12.4. The number of carbonyl (C=O) groups excluding carboxylic acids is 1. The van der Waals surface area contributed by atoms with Crippen LogP contribution in [0.3, 0.4) is 0 Å². The van der Waals surface area contributed by atoms with E-state index in [0.717, 1.165) is 4.68 Å². The maximum Gasteiger partial charge on any atom is 0.387 e. The zero-order chi connectivity index (χ0) is 17.0. The number of aryl methyl sites for hydroxylation is 1. The number of benzene rings is 1. The normalized spacial score (nSPS) is 10.6. The average Bonchev–Trinajstić information content (AvgIpc) is 2.89. The standard InChI is InChI=1S/C14H13F2N3O4/c1-8-2-3-9(11(6-8)23-14(15)16)18-12(20)7-19-10(13(21)22)4-5-17-19/h2-6,14H,7H2,1H3,(H,18,20)(H,21,22). The smallest absolute Gasteiger partial charge is 0.387 e. The summed E-state index contributed by atoms with van der Waals surface area (Å²) in [6, 6.07) is 5.64. The molecule has 0 atom stereocenters. The van der Waals surface area contributed by atoms with Gasteiger partial charge in [0.2, 0.25) is 5.91 Å². The first kappa shape index (κ1) is 16.4. The van der Waals surface area contributed by atoms with E-state index in [4.69, 9.17) is 5.11 Å². The van der Waals surface area contributed by atoms with Crippen LogP contribution < -0.4 is 10.1 Å². The lowest BCUT2D eigenvalue weighted by Crippen LogP contribution is -2.22. The number of amides is 1. The molecule has 0 spiro atoms. The molecule has 1 amide bonds. The van der Waals surface area contributed by atoms with Crippen molar-refractivity contribution in [1.82, 2.24) is 9.78 Å². The van der Waals surface area contributed by atoms with Crippen molar-refractivity contribution >= 4 is 17.6 Å². The number of carboxylic acids is 1. The van der Waals surface area contributed by atoms with Crippen LogP contribution in [0.2, 0.25) is 0 Å². The van der Waals surface area contributed by atoms with Crippen LogP contribution in [0.1, 0.15) is 16.1 Å². The number of carboxylic acid groups (broad SMARTS) is 1. The molecule has 9 heteroatoms. The van der Waals surface area contributed by atoms with E-state index in [-0.39, 0.29) is 23.7 Å². The maximum absolute atomic E-state index is 12.4. The number of aromatic carboxylic acids is 1. The third-order valence-corrected chi connectivity index (χ3v) is 2.86. The zero-order valence-electron chi connectivity index (χ0n) is 12.0. The van der Waals surface area contributed by atoms with Gasteiger partial charge in [-0.3, -0.25) is 4.79 Å². The van der Waals surface area contributed by atoms with E-state index in [1.54, 1.807) is 13.0 Å². The van der Waals surface area contributed by atoms with Crippen molar-refractivity contribution in [3.05, 3.63) is 41.7 Å². The lowest BCUT2D eigenvalue weighted by atomic mass is 10.2. The molecule has 0 aliphatic carbocycles. The Morgan fingerprint density at radius 2 is 2.13 bits per heavy atom. The van der Waals surface area contributed by atoms with Crippen LogP contribution in [-0.2, 0) is 11.3 Å². The number of hydrogen-bond donors (Lipinski definition) is 2. The van der Waals surface area contributed by atoms with Gasteiger partial charge in [0.25, 0.3) is 0 Å². The number of alkyl halides is 2. The molecule has 0 saturated heterocycles. The van der Waals surface area contributed by atoms with Crippen molar-refractivity contribution in [2.75, 3.05) is 5.32 Å². The predicted octanol–water partition coefficient (Wildman–Crippen LogP) is 2.13. The van der Waals surface area contributed by atoms with Gasteiger partial charge in [-0.25, -0.2) is 9.48 Å². The number of nitrogens with one attached hydrogen (secondary N) is 1. The van der Waals surface area contributed by atoms with E-state index in [1.165, 1.54) is 24.4 Å². The van der Waals surface area contributed by atoms with E-state index >= 15 is 0 Å². The highest BCUT2D eigenvalue weighted by Crippen LogP contribution is 2.27. The summed E-state index contributed by atoms with van der Waals surface area (Å²) in [6.07, 6.45) is 1.24. The molecule has 1 aromatic heterocycles. The molecule has 0 aliphatic rings. The summed E-state index contributed by atoms with van der Waals surface area (Å²) in [5, 5.41) is 15.1. The predicted molar refractivity (Wildman–Crippen MR) is 75.6 cm³/mol. The largest absolute Gasteiger partial charge is 0.477 e. The second-order valence-corrected chi connectivity index (χ2v) is 4.61. The Kier molecular flexibility index (Phi) is 4.89. The first-order valence-electron chi connectivity index (χ1n) is 6.47. The van der Waals surface area contributed by atoms with Gasteiger partial charge in [-0.15, -0.1) is 0 Å². The lowest BCUT2D eigenvalue weighted by Gasteiger charge is -2.13. The molecule has 2 aromatic rings. The molecule has 1 heterocycles. The molecule has 2 rings (SSSR count). The Balaban J connectivity index is 2.14. The molecule has 23 heavy (non-hydrogen) atoms.